The van der Waals surface area contributed by atoms with E-state index in [1.165, 1.54) is 24.0 Å². The molecule has 0 radical (unpaired) electrons. The molecule has 1 aromatic carbocycles. The Hall–Kier alpha value is -1.35. The molecule has 0 aromatic heterocycles. The van der Waals surface area contributed by atoms with Crippen LogP contribution >= 0.6 is 0 Å². The van der Waals surface area contributed by atoms with Gasteiger partial charge in [0.15, 0.2) is 0 Å². The van der Waals surface area contributed by atoms with Crippen molar-refractivity contribution in [3.8, 4) is 0 Å². The fourth-order valence-electron chi connectivity index (χ4n) is 3.28. The van der Waals surface area contributed by atoms with Crippen LogP contribution in [0.1, 0.15) is 30.4 Å². The number of hydrogen-bond donors (Lipinski definition) is 0. The second kappa shape index (κ2) is 5.33. The van der Waals surface area contributed by atoms with Crippen molar-refractivity contribution in [1.82, 2.24) is 9.80 Å². The zero-order valence-electron chi connectivity index (χ0n) is 11.6. The predicted molar refractivity (Wildman–Crippen MR) is 75.8 cm³/mol. The monoisotopic (exact) mass is 258 g/mol. The number of benzene rings is 1. The lowest BCUT2D eigenvalue weighted by Crippen LogP contribution is -2.39. The van der Waals surface area contributed by atoms with Gasteiger partial charge in [-0.1, -0.05) is 24.3 Å². The Bertz CT molecular complexity index is 472. The first-order chi connectivity index (χ1) is 9.24. The summed E-state index contributed by atoms with van der Waals surface area (Å²) in [5, 5.41) is 0. The van der Waals surface area contributed by atoms with Crippen LogP contribution in [0.5, 0.6) is 0 Å². The van der Waals surface area contributed by atoms with Crippen molar-refractivity contribution < 1.29 is 4.79 Å². The Labute approximate surface area is 115 Å². The van der Waals surface area contributed by atoms with Gasteiger partial charge in [-0.2, -0.15) is 0 Å². The summed E-state index contributed by atoms with van der Waals surface area (Å²) in [7, 11) is 2.14. The number of nitrogens with zero attached hydrogens (tertiary/aromatic N) is 2. The molecule has 19 heavy (non-hydrogen) atoms. The zero-order valence-corrected chi connectivity index (χ0v) is 11.6. The maximum absolute atomic E-state index is 12.4. The minimum Gasteiger partial charge on any atom is -0.338 e. The first-order valence-corrected chi connectivity index (χ1v) is 7.29. The molecule has 1 aromatic rings. The van der Waals surface area contributed by atoms with Gasteiger partial charge in [-0.25, -0.2) is 0 Å². The molecule has 1 amide bonds. The van der Waals surface area contributed by atoms with Gasteiger partial charge < -0.3 is 9.80 Å². The van der Waals surface area contributed by atoms with E-state index in [2.05, 4.69) is 36.2 Å². The van der Waals surface area contributed by atoms with E-state index in [-0.39, 0.29) is 0 Å². The van der Waals surface area contributed by atoms with Crippen molar-refractivity contribution in [2.75, 3.05) is 20.1 Å². The number of fused-ring (bicyclic) bond motifs is 1. The van der Waals surface area contributed by atoms with E-state index in [1.54, 1.807) is 0 Å². The van der Waals surface area contributed by atoms with E-state index in [1.807, 2.05) is 4.90 Å². The fourth-order valence-corrected chi connectivity index (χ4v) is 3.28. The van der Waals surface area contributed by atoms with Gasteiger partial charge in [-0.05, 0) is 44.0 Å². The third-order valence-corrected chi connectivity index (χ3v) is 4.57. The molecule has 0 aliphatic carbocycles. The maximum Gasteiger partial charge on any atom is 0.224 e. The summed E-state index contributed by atoms with van der Waals surface area (Å²) >= 11 is 0. The summed E-state index contributed by atoms with van der Waals surface area (Å²) < 4.78 is 0. The molecular formula is C16H22N2O. The van der Waals surface area contributed by atoms with Crippen LogP contribution in [0, 0.1) is 0 Å². The fraction of sp³-hybridized carbons (Fsp3) is 0.562. The highest BCUT2D eigenvalue weighted by atomic mass is 16.2. The van der Waals surface area contributed by atoms with Gasteiger partial charge in [0.2, 0.25) is 5.91 Å². The first kappa shape index (κ1) is 12.7. The molecule has 0 N–H and O–H groups in total. The molecule has 1 fully saturated rings. The Kier molecular flexibility index (Phi) is 3.56. The largest absolute Gasteiger partial charge is 0.338 e. The van der Waals surface area contributed by atoms with Crippen LogP contribution in [0.25, 0.3) is 0 Å². The highest BCUT2D eigenvalue weighted by Gasteiger charge is 2.27. The standard InChI is InChI=1S/C16H22N2O/c1-17-9-4-7-15(17)11-16(19)18-10-8-13-5-2-3-6-14(13)12-18/h2-3,5-6,15H,4,7-12H2,1H3. The second-order valence-electron chi connectivity index (χ2n) is 5.81. The Balaban J connectivity index is 1.63. The normalized spacial score (nSPS) is 23.4. The number of amides is 1. The number of likely N-dealkylation sites (tertiary alicyclic amines) is 1. The molecule has 2 aliphatic rings. The van der Waals surface area contributed by atoms with Crippen LogP contribution in [0.3, 0.4) is 0 Å². The van der Waals surface area contributed by atoms with Gasteiger partial charge >= 0.3 is 0 Å². The third-order valence-electron chi connectivity index (χ3n) is 4.57. The quantitative estimate of drug-likeness (QED) is 0.810. The van der Waals surface area contributed by atoms with Gasteiger partial charge in [-0.15, -0.1) is 0 Å². The Morgan fingerprint density at radius 2 is 2.05 bits per heavy atom. The van der Waals surface area contributed by atoms with Gasteiger partial charge in [-0.3, -0.25) is 4.79 Å². The SMILES string of the molecule is CN1CCCC1CC(=O)N1CCc2ccccc2C1. The average molecular weight is 258 g/mol. The first-order valence-electron chi connectivity index (χ1n) is 7.29. The van der Waals surface area contributed by atoms with E-state index in [9.17, 15) is 4.79 Å². The van der Waals surface area contributed by atoms with Gasteiger partial charge in [0, 0.05) is 25.6 Å². The lowest BCUT2D eigenvalue weighted by atomic mass is 9.99. The van der Waals surface area contributed by atoms with Crippen LogP contribution in [-0.4, -0.2) is 41.9 Å². The van der Waals surface area contributed by atoms with Crippen molar-refractivity contribution in [2.45, 2.75) is 38.3 Å². The van der Waals surface area contributed by atoms with Gasteiger partial charge in [0.1, 0.15) is 0 Å². The van der Waals surface area contributed by atoms with Crippen molar-refractivity contribution >= 4 is 5.91 Å². The van der Waals surface area contributed by atoms with Crippen molar-refractivity contribution in [3.05, 3.63) is 35.4 Å². The molecular weight excluding hydrogens is 236 g/mol. The third kappa shape index (κ3) is 2.66. The van der Waals surface area contributed by atoms with E-state index in [4.69, 9.17) is 0 Å². The molecule has 2 aliphatic heterocycles. The van der Waals surface area contributed by atoms with E-state index >= 15 is 0 Å². The van der Waals surface area contributed by atoms with Crippen LogP contribution < -0.4 is 0 Å². The molecule has 0 saturated carbocycles. The lowest BCUT2D eigenvalue weighted by Gasteiger charge is -2.30. The summed E-state index contributed by atoms with van der Waals surface area (Å²) in [6.45, 7) is 2.82. The van der Waals surface area contributed by atoms with Gasteiger partial charge in [0.05, 0.1) is 0 Å². The molecule has 1 atom stereocenters. The molecule has 2 heterocycles. The van der Waals surface area contributed by atoms with Crippen molar-refractivity contribution in [1.29, 1.82) is 0 Å². The summed E-state index contributed by atoms with van der Waals surface area (Å²) in [4.78, 5) is 16.8. The molecule has 1 saturated heterocycles. The maximum atomic E-state index is 12.4. The lowest BCUT2D eigenvalue weighted by molar-refractivity contribution is -0.133. The summed E-state index contributed by atoms with van der Waals surface area (Å²) in [5.74, 6) is 0.327. The molecule has 0 bridgehead atoms. The summed E-state index contributed by atoms with van der Waals surface area (Å²) in [5.41, 5.74) is 2.73. The van der Waals surface area contributed by atoms with Crippen LogP contribution in [0.15, 0.2) is 24.3 Å². The smallest absolute Gasteiger partial charge is 0.224 e. The average Bonchev–Trinajstić information content (AvgIpc) is 2.84. The van der Waals surface area contributed by atoms with Crippen molar-refractivity contribution in [2.24, 2.45) is 0 Å². The van der Waals surface area contributed by atoms with E-state index in [0.29, 0.717) is 18.4 Å². The minimum atomic E-state index is 0.327. The highest BCUT2D eigenvalue weighted by molar-refractivity contribution is 5.77. The topological polar surface area (TPSA) is 23.6 Å². The van der Waals surface area contributed by atoms with E-state index in [0.717, 1.165) is 26.1 Å². The predicted octanol–water partition coefficient (Wildman–Crippen LogP) is 2.06. The zero-order chi connectivity index (χ0) is 13.2. The minimum absolute atomic E-state index is 0.327. The van der Waals surface area contributed by atoms with Crippen LogP contribution in [0.4, 0.5) is 0 Å². The molecule has 3 heteroatoms. The van der Waals surface area contributed by atoms with Crippen LogP contribution in [0.2, 0.25) is 0 Å². The molecule has 102 valence electrons. The molecule has 0 spiro atoms. The number of carbonyl (C=O) groups is 1. The Morgan fingerprint density at radius 1 is 1.26 bits per heavy atom. The number of rotatable bonds is 2. The van der Waals surface area contributed by atoms with Crippen LogP contribution in [-0.2, 0) is 17.8 Å². The Morgan fingerprint density at radius 3 is 2.79 bits per heavy atom. The van der Waals surface area contributed by atoms with Gasteiger partial charge in [0.25, 0.3) is 0 Å². The highest BCUT2D eigenvalue weighted by Crippen LogP contribution is 2.22. The number of hydrogen-bond acceptors (Lipinski definition) is 2. The summed E-state index contributed by atoms with van der Waals surface area (Å²) in [6.07, 6.45) is 4.10. The van der Waals surface area contributed by atoms with E-state index < -0.39 is 0 Å². The molecule has 3 rings (SSSR count). The molecule has 1 unspecified atom stereocenters. The second-order valence-corrected chi connectivity index (χ2v) is 5.81. The summed E-state index contributed by atoms with van der Waals surface area (Å²) in [6, 6.07) is 8.95. The number of carbonyl (C=O) groups excluding carboxylic acids is 1. The molecule has 3 nitrogen and oxygen atoms in total. The van der Waals surface area contributed by atoms with Crippen molar-refractivity contribution in [3.63, 3.8) is 0 Å².